The minimum atomic E-state index is -0.0147. The Morgan fingerprint density at radius 1 is 1.09 bits per heavy atom. The lowest BCUT2D eigenvalue weighted by Gasteiger charge is -2.24. The standard InChI is InChI=1S/C25H36N6O.HI/c1-4-30(23-12-7-9-20(2)17-23)16-13-27-24(26-3)28-19-21-10-8-11-22(18-21)29-25(32)31-14-5-6-15-31;/h7-12,17-18H,4-6,13-16,19H2,1-3H3,(H,29,32)(H2,26,27,28);1H. The van der Waals surface area contributed by atoms with Crippen LogP contribution in [0.25, 0.3) is 0 Å². The normalized spacial score (nSPS) is 13.3. The molecule has 0 aliphatic carbocycles. The van der Waals surface area contributed by atoms with Gasteiger partial charge < -0.3 is 25.8 Å². The number of benzene rings is 2. The van der Waals surface area contributed by atoms with E-state index in [9.17, 15) is 4.79 Å². The average molecular weight is 565 g/mol. The van der Waals surface area contributed by atoms with E-state index >= 15 is 0 Å². The van der Waals surface area contributed by atoms with E-state index in [1.807, 2.05) is 29.2 Å². The molecule has 2 aromatic rings. The summed E-state index contributed by atoms with van der Waals surface area (Å²) in [5, 5.41) is 9.76. The van der Waals surface area contributed by atoms with Crippen LogP contribution in [0.3, 0.4) is 0 Å². The number of hydrogen-bond donors (Lipinski definition) is 3. The van der Waals surface area contributed by atoms with E-state index in [2.05, 4.69) is 64.0 Å². The first kappa shape index (κ1) is 26.8. The van der Waals surface area contributed by atoms with Crippen LogP contribution in [0.15, 0.2) is 53.5 Å². The molecule has 1 saturated heterocycles. The van der Waals surface area contributed by atoms with Gasteiger partial charge >= 0.3 is 6.03 Å². The highest BCUT2D eigenvalue weighted by Crippen LogP contribution is 2.15. The van der Waals surface area contributed by atoms with Gasteiger partial charge in [0.05, 0.1) is 0 Å². The lowest BCUT2D eigenvalue weighted by atomic mass is 10.2. The fourth-order valence-electron chi connectivity index (χ4n) is 3.89. The van der Waals surface area contributed by atoms with Gasteiger partial charge in [-0.1, -0.05) is 24.3 Å². The largest absolute Gasteiger partial charge is 0.370 e. The van der Waals surface area contributed by atoms with Crippen molar-refractivity contribution in [2.75, 3.05) is 50.0 Å². The Bertz CT molecular complexity index is 913. The molecule has 1 aliphatic rings. The van der Waals surface area contributed by atoms with Crippen molar-refractivity contribution in [1.29, 1.82) is 0 Å². The molecule has 3 rings (SSSR count). The molecule has 180 valence electrons. The molecule has 3 N–H and O–H groups in total. The van der Waals surface area contributed by atoms with Gasteiger partial charge in [-0.05, 0) is 62.1 Å². The highest BCUT2D eigenvalue weighted by molar-refractivity contribution is 14.0. The monoisotopic (exact) mass is 564 g/mol. The van der Waals surface area contributed by atoms with Crippen molar-refractivity contribution >= 4 is 47.3 Å². The quantitative estimate of drug-likeness (QED) is 0.252. The van der Waals surface area contributed by atoms with Crippen LogP contribution in [0, 0.1) is 6.92 Å². The summed E-state index contributed by atoms with van der Waals surface area (Å²) < 4.78 is 0. The van der Waals surface area contributed by atoms with Gasteiger partial charge in [0.25, 0.3) is 0 Å². The number of aliphatic imine (C=N–C) groups is 1. The summed E-state index contributed by atoms with van der Waals surface area (Å²) in [6, 6.07) is 16.5. The molecule has 2 amide bonds. The predicted octanol–water partition coefficient (Wildman–Crippen LogP) is 4.43. The zero-order valence-electron chi connectivity index (χ0n) is 19.9. The summed E-state index contributed by atoms with van der Waals surface area (Å²) in [6.07, 6.45) is 2.18. The van der Waals surface area contributed by atoms with E-state index in [1.54, 1.807) is 7.05 Å². The molecule has 7 nitrogen and oxygen atoms in total. The van der Waals surface area contributed by atoms with Gasteiger partial charge in [0, 0.05) is 57.7 Å². The number of amides is 2. The van der Waals surface area contributed by atoms with E-state index < -0.39 is 0 Å². The minimum absolute atomic E-state index is 0. The number of likely N-dealkylation sites (tertiary alicyclic amines) is 1. The maximum atomic E-state index is 12.3. The first-order chi connectivity index (χ1) is 15.6. The fraction of sp³-hybridized carbons (Fsp3) is 0.440. The number of urea groups is 1. The first-order valence-electron chi connectivity index (χ1n) is 11.5. The third kappa shape index (κ3) is 8.42. The third-order valence-electron chi connectivity index (χ3n) is 5.68. The number of anilines is 2. The van der Waals surface area contributed by atoms with Crippen molar-refractivity contribution in [2.45, 2.75) is 33.2 Å². The summed E-state index contributed by atoms with van der Waals surface area (Å²) >= 11 is 0. The van der Waals surface area contributed by atoms with E-state index in [1.165, 1.54) is 11.3 Å². The molecule has 0 aromatic heterocycles. The Hall–Kier alpha value is -2.49. The van der Waals surface area contributed by atoms with Crippen LogP contribution < -0.4 is 20.9 Å². The van der Waals surface area contributed by atoms with Crippen LogP contribution in [0.4, 0.5) is 16.2 Å². The summed E-state index contributed by atoms with van der Waals surface area (Å²) in [6.45, 7) is 9.23. The van der Waals surface area contributed by atoms with Crippen molar-refractivity contribution in [3.63, 3.8) is 0 Å². The van der Waals surface area contributed by atoms with Gasteiger partial charge in [-0.25, -0.2) is 4.79 Å². The molecular weight excluding hydrogens is 527 g/mol. The summed E-state index contributed by atoms with van der Waals surface area (Å²) in [7, 11) is 1.78. The Kier molecular flexibility index (Phi) is 11.3. The van der Waals surface area contributed by atoms with Crippen LogP contribution in [0.1, 0.15) is 30.9 Å². The molecule has 0 spiro atoms. The van der Waals surface area contributed by atoms with Crippen molar-refractivity contribution in [3.05, 3.63) is 59.7 Å². The molecule has 1 fully saturated rings. The van der Waals surface area contributed by atoms with Gasteiger partial charge in [-0.15, -0.1) is 24.0 Å². The number of nitrogens with zero attached hydrogens (tertiary/aromatic N) is 3. The van der Waals surface area contributed by atoms with Crippen LogP contribution >= 0.6 is 24.0 Å². The Morgan fingerprint density at radius 3 is 2.55 bits per heavy atom. The first-order valence-corrected chi connectivity index (χ1v) is 11.5. The highest BCUT2D eigenvalue weighted by Gasteiger charge is 2.17. The molecule has 2 aromatic carbocycles. The number of aryl methyl sites for hydroxylation is 1. The molecular formula is C25H37IN6O. The van der Waals surface area contributed by atoms with Crippen molar-refractivity contribution < 1.29 is 4.79 Å². The van der Waals surface area contributed by atoms with E-state index in [0.717, 1.165) is 62.8 Å². The van der Waals surface area contributed by atoms with Crippen LogP contribution in [0.2, 0.25) is 0 Å². The Labute approximate surface area is 215 Å². The third-order valence-corrected chi connectivity index (χ3v) is 5.68. The van der Waals surface area contributed by atoms with Gasteiger partial charge in [-0.3, -0.25) is 4.99 Å². The van der Waals surface area contributed by atoms with Crippen LogP contribution in [-0.4, -0.2) is 56.7 Å². The number of hydrogen-bond acceptors (Lipinski definition) is 3. The fourth-order valence-corrected chi connectivity index (χ4v) is 3.89. The number of carbonyl (C=O) groups is 1. The second kappa shape index (κ2) is 13.9. The number of nitrogens with one attached hydrogen (secondary N) is 3. The SMILES string of the molecule is CCN(CCNC(=NC)NCc1cccc(NC(=O)N2CCCC2)c1)c1cccc(C)c1.I. The second-order valence-corrected chi connectivity index (χ2v) is 8.10. The van der Waals surface area contributed by atoms with E-state index in [-0.39, 0.29) is 30.0 Å². The van der Waals surface area contributed by atoms with Crippen LogP contribution in [0.5, 0.6) is 0 Å². The number of halogens is 1. The molecule has 33 heavy (non-hydrogen) atoms. The van der Waals surface area contributed by atoms with Crippen molar-refractivity contribution in [2.24, 2.45) is 4.99 Å². The molecule has 1 heterocycles. The molecule has 0 saturated carbocycles. The maximum Gasteiger partial charge on any atom is 0.321 e. The van der Waals surface area contributed by atoms with E-state index in [4.69, 9.17) is 0 Å². The number of likely N-dealkylation sites (N-methyl/N-ethyl adjacent to an activating group) is 1. The average Bonchev–Trinajstić information content (AvgIpc) is 3.34. The second-order valence-electron chi connectivity index (χ2n) is 8.10. The summed E-state index contributed by atoms with van der Waals surface area (Å²) in [4.78, 5) is 20.9. The number of carbonyl (C=O) groups excluding carboxylic acids is 1. The number of guanidine groups is 1. The smallest absolute Gasteiger partial charge is 0.321 e. The lowest BCUT2D eigenvalue weighted by molar-refractivity contribution is 0.222. The van der Waals surface area contributed by atoms with E-state index in [0.29, 0.717) is 6.54 Å². The Morgan fingerprint density at radius 2 is 1.85 bits per heavy atom. The molecule has 8 heteroatoms. The van der Waals surface area contributed by atoms with Crippen molar-refractivity contribution in [3.8, 4) is 0 Å². The van der Waals surface area contributed by atoms with Gasteiger partial charge in [-0.2, -0.15) is 0 Å². The zero-order valence-corrected chi connectivity index (χ0v) is 22.3. The molecule has 1 aliphatic heterocycles. The van der Waals surface area contributed by atoms with Gasteiger partial charge in [0.2, 0.25) is 0 Å². The molecule has 0 radical (unpaired) electrons. The van der Waals surface area contributed by atoms with Crippen molar-refractivity contribution in [1.82, 2.24) is 15.5 Å². The summed E-state index contributed by atoms with van der Waals surface area (Å²) in [5.41, 5.74) is 4.42. The van der Waals surface area contributed by atoms with Gasteiger partial charge in [0.15, 0.2) is 5.96 Å². The molecule has 0 atom stereocenters. The summed E-state index contributed by atoms with van der Waals surface area (Å²) in [5.74, 6) is 0.761. The van der Waals surface area contributed by atoms with Gasteiger partial charge in [0.1, 0.15) is 0 Å². The lowest BCUT2D eigenvalue weighted by Crippen LogP contribution is -2.41. The maximum absolute atomic E-state index is 12.3. The molecule has 0 unspecified atom stereocenters. The molecule has 0 bridgehead atoms. The number of rotatable bonds is 8. The topological polar surface area (TPSA) is 72.0 Å². The Balaban J connectivity index is 0.00000385. The predicted molar refractivity (Wildman–Crippen MR) is 149 cm³/mol. The zero-order chi connectivity index (χ0) is 22.8. The minimum Gasteiger partial charge on any atom is -0.370 e. The highest BCUT2D eigenvalue weighted by atomic mass is 127. The van der Waals surface area contributed by atoms with Crippen LogP contribution in [-0.2, 0) is 6.54 Å².